The normalized spacial score (nSPS) is 11.3. The molecule has 0 radical (unpaired) electrons. The molecule has 4 rings (SSSR count). The van der Waals surface area contributed by atoms with E-state index in [2.05, 4.69) is 15.5 Å². The molecule has 0 atom stereocenters. The van der Waals surface area contributed by atoms with E-state index in [0.29, 0.717) is 27.4 Å². The van der Waals surface area contributed by atoms with Crippen LogP contribution in [-0.4, -0.2) is 24.6 Å². The van der Waals surface area contributed by atoms with Crippen LogP contribution in [0.25, 0.3) is 22.4 Å². The van der Waals surface area contributed by atoms with E-state index >= 15 is 0 Å². The largest absolute Gasteiger partial charge is 0.268 e. The van der Waals surface area contributed by atoms with Gasteiger partial charge in [0.15, 0.2) is 0 Å². The molecule has 0 unspecified atom stereocenters. The van der Waals surface area contributed by atoms with Crippen molar-refractivity contribution in [3.05, 3.63) is 63.9 Å². The molecule has 0 fully saturated rings. The summed E-state index contributed by atoms with van der Waals surface area (Å²) in [7, 11) is 0. The number of hydrogen-bond donors (Lipinski definition) is 0. The van der Waals surface area contributed by atoms with Crippen LogP contribution in [0.1, 0.15) is 0 Å². The van der Waals surface area contributed by atoms with E-state index in [1.54, 1.807) is 36.4 Å². The highest BCUT2D eigenvalue weighted by Gasteiger charge is 2.15. The van der Waals surface area contributed by atoms with Crippen molar-refractivity contribution in [2.45, 2.75) is 0 Å². The first-order chi connectivity index (χ1) is 10.3. The summed E-state index contributed by atoms with van der Waals surface area (Å²) in [6.07, 6.45) is 0. The molecule has 0 bridgehead atoms. The molecule has 0 saturated heterocycles. The van der Waals surface area contributed by atoms with Crippen molar-refractivity contribution in [3.63, 3.8) is 0 Å². The Kier molecular flexibility index (Phi) is 2.52. The molecule has 2 heterocycles. The Balaban J connectivity index is 2.27. The molecule has 4 aromatic rings. The molecule has 2 aromatic carbocycles. The van der Waals surface area contributed by atoms with Gasteiger partial charge in [0, 0.05) is 0 Å². The summed E-state index contributed by atoms with van der Waals surface area (Å²) in [6, 6.07) is 14.3. The second-order valence-electron chi connectivity index (χ2n) is 4.50. The highest BCUT2D eigenvalue weighted by molar-refractivity contribution is 6.32. The van der Waals surface area contributed by atoms with E-state index in [1.807, 2.05) is 12.1 Å². The van der Waals surface area contributed by atoms with Crippen LogP contribution in [0.2, 0.25) is 5.02 Å². The van der Waals surface area contributed by atoms with Crippen LogP contribution in [0, 0.1) is 0 Å². The third-order valence-corrected chi connectivity index (χ3v) is 3.63. The number of tetrazole rings is 1. The van der Waals surface area contributed by atoms with Crippen LogP contribution in [0.15, 0.2) is 53.3 Å². The molecule has 0 N–H and O–H groups in total. The van der Waals surface area contributed by atoms with Crippen LogP contribution in [0.4, 0.5) is 0 Å². The molecule has 0 spiro atoms. The number of benzene rings is 2. The number of fused-ring (bicyclic) bond motifs is 3. The maximum atomic E-state index is 12.8. The van der Waals surface area contributed by atoms with Gasteiger partial charge in [0.2, 0.25) is 0 Å². The lowest BCUT2D eigenvalue weighted by Crippen LogP contribution is -2.22. The van der Waals surface area contributed by atoms with Crippen molar-refractivity contribution in [2.75, 3.05) is 0 Å². The predicted molar refractivity (Wildman–Crippen MR) is 78.9 cm³/mol. The predicted octanol–water partition coefficient (Wildman–Crippen LogP) is 2.08. The fourth-order valence-electron chi connectivity index (χ4n) is 2.38. The minimum absolute atomic E-state index is 0.207. The lowest BCUT2D eigenvalue weighted by Gasteiger charge is -2.10. The van der Waals surface area contributed by atoms with Gasteiger partial charge in [0.25, 0.3) is 11.3 Å². The van der Waals surface area contributed by atoms with E-state index in [0.717, 1.165) is 0 Å². The summed E-state index contributed by atoms with van der Waals surface area (Å²) in [5, 5.41) is 12.6. The highest BCUT2D eigenvalue weighted by Crippen LogP contribution is 2.21. The Morgan fingerprint density at radius 3 is 2.62 bits per heavy atom. The first kappa shape index (κ1) is 12.0. The minimum Gasteiger partial charge on any atom is -0.268 e. The topological polar surface area (TPSA) is 65.1 Å². The van der Waals surface area contributed by atoms with E-state index in [1.165, 1.54) is 9.08 Å². The van der Waals surface area contributed by atoms with E-state index in [-0.39, 0.29) is 5.56 Å². The number of nitrogens with zero attached hydrogens (tertiary/aromatic N) is 5. The highest BCUT2D eigenvalue weighted by atomic mass is 35.5. The van der Waals surface area contributed by atoms with Gasteiger partial charge in [-0.2, -0.15) is 4.52 Å². The zero-order valence-corrected chi connectivity index (χ0v) is 11.4. The lowest BCUT2D eigenvalue weighted by atomic mass is 10.2. The fraction of sp³-hybridized carbons (Fsp3) is 0. The SMILES string of the molecule is O=c1c2ccccc2n2nnnc2n1-c1ccccc1Cl. The number of hydrogen-bond acceptors (Lipinski definition) is 4. The molecule has 0 aliphatic heterocycles. The first-order valence-electron chi connectivity index (χ1n) is 6.24. The number of aromatic nitrogens is 5. The van der Waals surface area contributed by atoms with Crippen molar-refractivity contribution in [1.29, 1.82) is 0 Å². The van der Waals surface area contributed by atoms with Gasteiger partial charge in [-0.05, 0) is 34.7 Å². The van der Waals surface area contributed by atoms with E-state index in [4.69, 9.17) is 11.6 Å². The Morgan fingerprint density at radius 2 is 1.76 bits per heavy atom. The van der Waals surface area contributed by atoms with Gasteiger partial charge >= 0.3 is 0 Å². The monoisotopic (exact) mass is 297 g/mol. The van der Waals surface area contributed by atoms with Crippen LogP contribution >= 0.6 is 11.6 Å². The maximum absolute atomic E-state index is 12.8. The second kappa shape index (κ2) is 4.39. The summed E-state index contributed by atoms with van der Waals surface area (Å²) in [5.74, 6) is 0.326. The summed E-state index contributed by atoms with van der Waals surface area (Å²) >= 11 is 6.21. The van der Waals surface area contributed by atoms with Crippen molar-refractivity contribution in [2.24, 2.45) is 0 Å². The van der Waals surface area contributed by atoms with Gasteiger partial charge in [-0.1, -0.05) is 41.0 Å². The molecule has 21 heavy (non-hydrogen) atoms. The van der Waals surface area contributed by atoms with Gasteiger partial charge in [-0.25, -0.2) is 4.57 Å². The third-order valence-electron chi connectivity index (χ3n) is 3.31. The Morgan fingerprint density at radius 1 is 1.00 bits per heavy atom. The van der Waals surface area contributed by atoms with E-state index in [9.17, 15) is 4.79 Å². The van der Waals surface area contributed by atoms with Gasteiger partial charge in [-0.15, -0.1) is 0 Å². The molecule has 0 amide bonds. The van der Waals surface area contributed by atoms with Crippen molar-refractivity contribution in [1.82, 2.24) is 24.6 Å². The summed E-state index contributed by atoms with van der Waals surface area (Å²) in [6.45, 7) is 0. The van der Waals surface area contributed by atoms with Gasteiger partial charge in [0.05, 0.1) is 21.6 Å². The molecule has 7 heteroatoms. The standard InChI is InChI=1S/C14H8ClN5O/c15-10-6-2-4-8-12(10)19-13(21)9-5-1-3-7-11(9)20-14(19)16-17-18-20/h1-8H. The average molecular weight is 298 g/mol. The first-order valence-corrected chi connectivity index (χ1v) is 6.62. The molecule has 0 aliphatic carbocycles. The van der Waals surface area contributed by atoms with Crippen LogP contribution < -0.4 is 5.56 Å². The van der Waals surface area contributed by atoms with Crippen molar-refractivity contribution < 1.29 is 0 Å². The molecule has 6 nitrogen and oxygen atoms in total. The smallest absolute Gasteiger partial charge is 0.267 e. The van der Waals surface area contributed by atoms with Crippen LogP contribution in [0.3, 0.4) is 0 Å². The van der Waals surface area contributed by atoms with E-state index < -0.39 is 0 Å². The van der Waals surface area contributed by atoms with Gasteiger partial charge < -0.3 is 0 Å². The van der Waals surface area contributed by atoms with Crippen LogP contribution in [0.5, 0.6) is 0 Å². The van der Waals surface area contributed by atoms with Gasteiger partial charge in [0.1, 0.15) is 0 Å². The quantitative estimate of drug-likeness (QED) is 0.539. The Bertz CT molecular complexity index is 1040. The molecule has 0 aliphatic rings. The number of para-hydroxylation sites is 2. The van der Waals surface area contributed by atoms with Crippen LogP contribution in [-0.2, 0) is 0 Å². The second-order valence-corrected chi connectivity index (χ2v) is 4.91. The Labute approximate surface area is 123 Å². The molecule has 2 aromatic heterocycles. The maximum Gasteiger partial charge on any atom is 0.267 e. The molecular formula is C14H8ClN5O. The molecule has 102 valence electrons. The zero-order chi connectivity index (χ0) is 14.4. The number of rotatable bonds is 1. The summed E-state index contributed by atoms with van der Waals surface area (Å²) in [5.41, 5.74) is 1.00. The van der Waals surface area contributed by atoms with Gasteiger partial charge in [-0.3, -0.25) is 4.79 Å². The minimum atomic E-state index is -0.207. The Hall–Kier alpha value is -2.73. The van der Waals surface area contributed by atoms with Crippen molar-refractivity contribution in [3.8, 4) is 5.69 Å². The summed E-state index contributed by atoms with van der Waals surface area (Å²) < 4.78 is 2.95. The van der Waals surface area contributed by atoms with Crippen molar-refractivity contribution >= 4 is 28.3 Å². The third kappa shape index (κ3) is 1.66. The molecular weight excluding hydrogens is 290 g/mol. The fourth-order valence-corrected chi connectivity index (χ4v) is 2.60. The lowest BCUT2D eigenvalue weighted by molar-refractivity contribution is 0.836. The average Bonchev–Trinajstić information content (AvgIpc) is 2.99. The zero-order valence-electron chi connectivity index (χ0n) is 10.6. The summed E-state index contributed by atoms with van der Waals surface area (Å²) in [4.78, 5) is 12.8. The molecule has 0 saturated carbocycles. The number of halogens is 1.